The highest BCUT2D eigenvalue weighted by Crippen LogP contribution is 2.43. The van der Waals surface area contributed by atoms with Crippen molar-refractivity contribution in [2.24, 2.45) is 11.3 Å². The highest BCUT2D eigenvalue weighted by atomic mass is 16.3. The van der Waals surface area contributed by atoms with Crippen LogP contribution in [0.4, 0.5) is 0 Å². The average molecular weight is 269 g/mol. The fourth-order valence-electron chi connectivity index (χ4n) is 3.38. The zero-order valence-corrected chi connectivity index (χ0v) is 12.3. The van der Waals surface area contributed by atoms with E-state index in [1.807, 2.05) is 24.4 Å². The second kappa shape index (κ2) is 5.17. The van der Waals surface area contributed by atoms with Crippen LogP contribution in [0.25, 0.3) is 10.9 Å². The second-order valence-corrected chi connectivity index (χ2v) is 6.86. The third kappa shape index (κ3) is 2.57. The van der Waals surface area contributed by atoms with E-state index < -0.39 is 0 Å². The molecule has 20 heavy (non-hydrogen) atoms. The normalized spacial score (nSPS) is 20.9. The van der Waals surface area contributed by atoms with Crippen LogP contribution in [0.1, 0.15) is 51.2 Å². The number of aliphatic hydroxyl groups excluding tert-OH is 1. The number of benzene rings is 1. The first-order valence-electron chi connectivity index (χ1n) is 7.58. The maximum Gasteiger partial charge on any atom is 0.0824 e. The quantitative estimate of drug-likeness (QED) is 0.871. The largest absolute Gasteiger partial charge is 0.388 e. The van der Waals surface area contributed by atoms with Crippen LogP contribution in [0.2, 0.25) is 0 Å². The van der Waals surface area contributed by atoms with Gasteiger partial charge in [-0.2, -0.15) is 0 Å². The van der Waals surface area contributed by atoms with E-state index in [0.717, 1.165) is 29.3 Å². The molecule has 2 nitrogen and oxygen atoms in total. The Kier molecular flexibility index (Phi) is 3.51. The van der Waals surface area contributed by atoms with Crippen molar-refractivity contribution in [1.82, 2.24) is 4.98 Å². The number of aliphatic hydroxyl groups is 1. The van der Waals surface area contributed by atoms with Crippen molar-refractivity contribution >= 4 is 10.9 Å². The van der Waals surface area contributed by atoms with Gasteiger partial charge < -0.3 is 5.11 Å². The smallest absolute Gasteiger partial charge is 0.0824 e. The predicted molar refractivity (Wildman–Crippen MR) is 82.4 cm³/mol. The summed E-state index contributed by atoms with van der Waals surface area (Å²) < 4.78 is 0. The van der Waals surface area contributed by atoms with Gasteiger partial charge in [0.2, 0.25) is 0 Å². The lowest BCUT2D eigenvalue weighted by Crippen LogP contribution is -2.25. The number of rotatable bonds is 2. The van der Waals surface area contributed by atoms with Gasteiger partial charge in [0.05, 0.1) is 11.6 Å². The maximum absolute atomic E-state index is 10.8. The molecule has 1 N–H and O–H groups in total. The molecule has 0 amide bonds. The molecular formula is C18H23NO. The van der Waals surface area contributed by atoms with Gasteiger partial charge in [-0.25, -0.2) is 0 Å². The van der Waals surface area contributed by atoms with Crippen LogP contribution in [0.3, 0.4) is 0 Å². The molecule has 0 spiro atoms. The molecule has 0 aliphatic heterocycles. The van der Waals surface area contributed by atoms with E-state index in [-0.39, 0.29) is 6.10 Å². The van der Waals surface area contributed by atoms with Crippen molar-refractivity contribution in [2.45, 2.75) is 45.6 Å². The summed E-state index contributed by atoms with van der Waals surface area (Å²) in [5, 5.41) is 11.9. The van der Waals surface area contributed by atoms with Crippen molar-refractivity contribution in [1.29, 1.82) is 0 Å². The van der Waals surface area contributed by atoms with Crippen LogP contribution < -0.4 is 0 Å². The Morgan fingerprint density at radius 3 is 2.65 bits per heavy atom. The van der Waals surface area contributed by atoms with E-state index in [1.54, 1.807) is 0 Å². The Hall–Kier alpha value is -1.41. The van der Waals surface area contributed by atoms with E-state index in [4.69, 9.17) is 0 Å². The number of pyridine rings is 1. The Balaban J connectivity index is 1.88. The third-order valence-electron chi connectivity index (χ3n) is 4.83. The van der Waals surface area contributed by atoms with Gasteiger partial charge in [-0.05, 0) is 54.7 Å². The summed E-state index contributed by atoms with van der Waals surface area (Å²) in [6.07, 6.45) is 6.09. The summed E-state index contributed by atoms with van der Waals surface area (Å²) in [5.41, 5.74) is 2.46. The van der Waals surface area contributed by atoms with Gasteiger partial charge in [-0.3, -0.25) is 4.98 Å². The topological polar surface area (TPSA) is 33.1 Å². The van der Waals surface area contributed by atoms with Crippen LogP contribution in [0.5, 0.6) is 0 Å². The fraction of sp³-hybridized carbons (Fsp3) is 0.500. The van der Waals surface area contributed by atoms with Gasteiger partial charge in [-0.1, -0.05) is 32.0 Å². The lowest BCUT2D eigenvalue weighted by Gasteiger charge is -2.36. The Bertz CT molecular complexity index is 590. The molecule has 2 aromatic rings. The Morgan fingerprint density at radius 2 is 1.90 bits per heavy atom. The van der Waals surface area contributed by atoms with Gasteiger partial charge in [-0.15, -0.1) is 0 Å². The summed E-state index contributed by atoms with van der Waals surface area (Å²) in [6.45, 7) is 4.66. The number of hydrogen-bond acceptors (Lipinski definition) is 2. The monoisotopic (exact) mass is 269 g/mol. The summed E-state index contributed by atoms with van der Waals surface area (Å²) in [5.74, 6) is 0.383. The summed E-state index contributed by atoms with van der Waals surface area (Å²) in [7, 11) is 0. The molecule has 2 heteroatoms. The molecule has 3 rings (SSSR count). The summed E-state index contributed by atoms with van der Waals surface area (Å²) in [4.78, 5) is 4.38. The average Bonchev–Trinajstić information content (AvgIpc) is 2.46. The molecule has 1 aliphatic carbocycles. The fourth-order valence-corrected chi connectivity index (χ4v) is 3.38. The first-order chi connectivity index (χ1) is 9.57. The summed E-state index contributed by atoms with van der Waals surface area (Å²) in [6, 6.07) is 10.1. The van der Waals surface area contributed by atoms with E-state index >= 15 is 0 Å². The number of fused-ring (bicyclic) bond motifs is 1. The van der Waals surface area contributed by atoms with E-state index in [0.29, 0.717) is 11.3 Å². The third-order valence-corrected chi connectivity index (χ3v) is 4.83. The molecule has 1 saturated carbocycles. The van der Waals surface area contributed by atoms with Gasteiger partial charge in [0.15, 0.2) is 0 Å². The molecule has 0 saturated heterocycles. The van der Waals surface area contributed by atoms with Gasteiger partial charge >= 0.3 is 0 Å². The molecule has 1 heterocycles. The molecule has 0 bridgehead atoms. The number of nitrogens with zero attached hydrogens (tertiary/aromatic N) is 1. The first kappa shape index (κ1) is 13.6. The highest BCUT2D eigenvalue weighted by molar-refractivity contribution is 5.82. The highest BCUT2D eigenvalue weighted by Gasteiger charge is 2.31. The second-order valence-electron chi connectivity index (χ2n) is 6.86. The van der Waals surface area contributed by atoms with Crippen LogP contribution >= 0.6 is 0 Å². The van der Waals surface area contributed by atoms with Gasteiger partial charge in [0, 0.05) is 11.6 Å². The van der Waals surface area contributed by atoms with Crippen LogP contribution in [-0.2, 0) is 0 Å². The molecule has 1 aromatic heterocycles. The maximum atomic E-state index is 10.8. The minimum atomic E-state index is -0.362. The van der Waals surface area contributed by atoms with E-state index in [1.165, 1.54) is 12.8 Å². The van der Waals surface area contributed by atoms with Crippen molar-refractivity contribution in [2.75, 3.05) is 0 Å². The van der Waals surface area contributed by atoms with Crippen molar-refractivity contribution < 1.29 is 5.11 Å². The zero-order chi connectivity index (χ0) is 14.2. The summed E-state index contributed by atoms with van der Waals surface area (Å²) >= 11 is 0. The first-order valence-corrected chi connectivity index (χ1v) is 7.58. The molecule has 1 aromatic carbocycles. The van der Waals surface area contributed by atoms with Crippen molar-refractivity contribution in [3.63, 3.8) is 0 Å². The van der Waals surface area contributed by atoms with Gasteiger partial charge in [0.25, 0.3) is 0 Å². The van der Waals surface area contributed by atoms with Crippen molar-refractivity contribution in [3.05, 3.63) is 42.1 Å². The van der Waals surface area contributed by atoms with E-state index in [9.17, 15) is 5.11 Å². The minimum Gasteiger partial charge on any atom is -0.388 e. The molecule has 106 valence electrons. The van der Waals surface area contributed by atoms with Gasteiger partial charge in [0.1, 0.15) is 0 Å². The molecule has 0 radical (unpaired) electrons. The zero-order valence-electron chi connectivity index (χ0n) is 12.3. The lowest BCUT2D eigenvalue weighted by atomic mass is 9.70. The standard InChI is InChI=1S/C18H23NO/c1-18(2)10-8-13(9-11-18)17(20)15-5-3-7-16-14(15)6-4-12-19-16/h3-7,12-13,17,20H,8-11H2,1-2H3. The lowest BCUT2D eigenvalue weighted by molar-refractivity contribution is 0.0577. The van der Waals surface area contributed by atoms with Crippen LogP contribution in [-0.4, -0.2) is 10.1 Å². The molecule has 1 atom stereocenters. The molecular weight excluding hydrogens is 246 g/mol. The molecule has 1 aliphatic rings. The Morgan fingerprint density at radius 1 is 1.15 bits per heavy atom. The molecule has 1 unspecified atom stereocenters. The van der Waals surface area contributed by atoms with Crippen LogP contribution in [0.15, 0.2) is 36.5 Å². The SMILES string of the molecule is CC1(C)CCC(C(O)c2cccc3ncccc23)CC1. The predicted octanol–water partition coefficient (Wildman–Crippen LogP) is 4.48. The van der Waals surface area contributed by atoms with E-state index in [2.05, 4.69) is 31.0 Å². The number of hydrogen-bond donors (Lipinski definition) is 1. The number of aromatic nitrogens is 1. The minimum absolute atomic E-state index is 0.362. The van der Waals surface area contributed by atoms with Crippen LogP contribution in [0, 0.1) is 11.3 Å². The molecule has 1 fully saturated rings. The Labute approximate surface area is 120 Å². The van der Waals surface area contributed by atoms with Crippen molar-refractivity contribution in [3.8, 4) is 0 Å².